The van der Waals surface area contributed by atoms with Crippen molar-refractivity contribution in [2.75, 3.05) is 0 Å². The van der Waals surface area contributed by atoms with E-state index in [-0.39, 0.29) is 0 Å². The summed E-state index contributed by atoms with van der Waals surface area (Å²) < 4.78 is 0. The van der Waals surface area contributed by atoms with Gasteiger partial charge in [0.1, 0.15) is 5.15 Å². The lowest BCUT2D eigenvalue weighted by atomic mass is 10.2. The molecule has 0 aliphatic carbocycles. The van der Waals surface area contributed by atoms with Crippen LogP contribution < -0.4 is 0 Å². The first-order chi connectivity index (χ1) is 7.97. The molecule has 2 aromatic rings. The molecular weight excluding hydrogens is 279 g/mol. The predicted molar refractivity (Wildman–Crippen MR) is 72.0 cm³/mol. The molecule has 0 amide bonds. The fourth-order valence-corrected chi connectivity index (χ4v) is 2.15. The van der Waals surface area contributed by atoms with Crippen LogP contribution in [0.3, 0.4) is 0 Å². The van der Waals surface area contributed by atoms with Crippen LogP contribution in [0.5, 0.6) is 0 Å². The maximum atomic E-state index is 6.03. The third kappa shape index (κ3) is 2.71. The van der Waals surface area contributed by atoms with E-state index in [1.54, 1.807) is 18.2 Å². The first-order valence-electron chi connectivity index (χ1n) is 4.94. The zero-order valence-electron chi connectivity index (χ0n) is 9.26. The highest BCUT2D eigenvalue weighted by Crippen LogP contribution is 2.27. The van der Waals surface area contributed by atoms with Gasteiger partial charge < -0.3 is 0 Å². The summed E-state index contributed by atoms with van der Waals surface area (Å²) in [7, 11) is 0. The molecule has 2 nitrogen and oxygen atoms in total. The number of hydrogen-bond donors (Lipinski definition) is 0. The summed E-state index contributed by atoms with van der Waals surface area (Å²) in [5, 5.41) is 1.54. The average Bonchev–Trinajstić information content (AvgIpc) is 2.23. The van der Waals surface area contributed by atoms with Crippen molar-refractivity contribution >= 4 is 34.8 Å². The van der Waals surface area contributed by atoms with E-state index in [1.165, 1.54) is 0 Å². The molecule has 0 unspecified atom stereocenters. The van der Waals surface area contributed by atoms with Gasteiger partial charge in [-0.05, 0) is 32.0 Å². The van der Waals surface area contributed by atoms with Crippen LogP contribution >= 0.6 is 34.8 Å². The van der Waals surface area contributed by atoms with E-state index < -0.39 is 0 Å². The quantitative estimate of drug-likeness (QED) is 0.709. The van der Waals surface area contributed by atoms with Crippen molar-refractivity contribution in [3.05, 3.63) is 44.7 Å². The first kappa shape index (κ1) is 12.6. The summed E-state index contributed by atoms with van der Waals surface area (Å²) in [5.74, 6) is 0.530. The maximum absolute atomic E-state index is 6.03. The van der Waals surface area contributed by atoms with E-state index in [9.17, 15) is 0 Å². The molecule has 0 saturated heterocycles. The number of aryl methyl sites for hydroxylation is 1. The highest BCUT2D eigenvalue weighted by molar-refractivity contribution is 6.35. The lowest BCUT2D eigenvalue weighted by molar-refractivity contribution is 1.07. The molecule has 17 heavy (non-hydrogen) atoms. The molecule has 0 radical (unpaired) electrons. The number of hydrogen-bond acceptors (Lipinski definition) is 2. The highest BCUT2D eigenvalue weighted by Gasteiger charge is 2.09. The predicted octanol–water partition coefficient (Wildman–Crippen LogP) is 4.72. The Kier molecular flexibility index (Phi) is 3.57. The van der Waals surface area contributed by atoms with Gasteiger partial charge >= 0.3 is 0 Å². The lowest BCUT2D eigenvalue weighted by Crippen LogP contribution is -1.96. The van der Waals surface area contributed by atoms with Crippen LogP contribution in [0.4, 0.5) is 0 Å². The third-order valence-electron chi connectivity index (χ3n) is 2.45. The molecule has 0 N–H and O–H groups in total. The van der Waals surface area contributed by atoms with Gasteiger partial charge in [0, 0.05) is 26.9 Å². The second-order valence-electron chi connectivity index (χ2n) is 3.71. The summed E-state index contributed by atoms with van der Waals surface area (Å²) in [5.41, 5.74) is 2.48. The normalized spacial score (nSPS) is 10.6. The van der Waals surface area contributed by atoms with Crippen LogP contribution in [0.15, 0.2) is 18.2 Å². The van der Waals surface area contributed by atoms with E-state index in [0.717, 1.165) is 16.8 Å². The summed E-state index contributed by atoms with van der Waals surface area (Å²) in [6.07, 6.45) is 0. The molecular formula is C12H9Cl3N2. The fraction of sp³-hybridized carbons (Fsp3) is 0.167. The SMILES string of the molecule is Cc1nc(-c2cc(Cl)cc(Cl)c2)nc(Cl)c1C. The molecule has 5 heteroatoms. The maximum Gasteiger partial charge on any atom is 0.161 e. The van der Waals surface area contributed by atoms with Crippen molar-refractivity contribution in [3.8, 4) is 11.4 Å². The van der Waals surface area contributed by atoms with Gasteiger partial charge in [0.15, 0.2) is 5.82 Å². The van der Waals surface area contributed by atoms with Crippen molar-refractivity contribution in [2.45, 2.75) is 13.8 Å². The Balaban J connectivity index is 2.60. The Labute approximate surface area is 115 Å². The van der Waals surface area contributed by atoms with Crippen molar-refractivity contribution < 1.29 is 0 Å². The molecule has 0 saturated carbocycles. The van der Waals surface area contributed by atoms with Crippen molar-refractivity contribution in [2.24, 2.45) is 0 Å². The molecule has 0 atom stereocenters. The van der Waals surface area contributed by atoms with E-state index in [2.05, 4.69) is 9.97 Å². The van der Waals surface area contributed by atoms with Crippen LogP contribution in [0.2, 0.25) is 15.2 Å². The number of benzene rings is 1. The second-order valence-corrected chi connectivity index (χ2v) is 4.94. The Morgan fingerprint density at radius 2 is 1.47 bits per heavy atom. The summed E-state index contributed by atoms with van der Waals surface area (Å²) in [4.78, 5) is 8.60. The van der Waals surface area contributed by atoms with Gasteiger partial charge in [-0.3, -0.25) is 0 Å². The molecule has 88 valence electrons. The third-order valence-corrected chi connectivity index (χ3v) is 3.25. The smallest absolute Gasteiger partial charge is 0.161 e. The van der Waals surface area contributed by atoms with Gasteiger partial charge in [-0.15, -0.1) is 0 Å². The van der Waals surface area contributed by atoms with E-state index >= 15 is 0 Å². The van der Waals surface area contributed by atoms with Gasteiger partial charge in [0.2, 0.25) is 0 Å². The average molecular weight is 288 g/mol. The molecule has 0 fully saturated rings. The van der Waals surface area contributed by atoms with Gasteiger partial charge in [-0.2, -0.15) is 0 Å². The van der Waals surface area contributed by atoms with E-state index in [4.69, 9.17) is 34.8 Å². The summed E-state index contributed by atoms with van der Waals surface area (Å²) in [6.45, 7) is 3.77. The van der Waals surface area contributed by atoms with Gasteiger partial charge in [0.05, 0.1) is 0 Å². The number of aromatic nitrogens is 2. The Morgan fingerprint density at radius 3 is 2.00 bits per heavy atom. The zero-order valence-corrected chi connectivity index (χ0v) is 11.5. The standard InChI is InChI=1S/C12H9Cl3N2/c1-6-7(2)16-12(17-11(6)15)8-3-9(13)5-10(14)4-8/h3-5H,1-2H3. The second kappa shape index (κ2) is 4.81. The molecule has 0 aliphatic rings. The molecule has 2 rings (SSSR count). The molecule has 1 aromatic heterocycles. The van der Waals surface area contributed by atoms with Gasteiger partial charge in [0.25, 0.3) is 0 Å². The molecule has 0 aliphatic heterocycles. The molecule has 1 aromatic carbocycles. The number of nitrogens with zero attached hydrogens (tertiary/aromatic N) is 2. The Hall–Kier alpha value is -0.830. The van der Waals surface area contributed by atoms with Gasteiger partial charge in [-0.1, -0.05) is 34.8 Å². The Morgan fingerprint density at radius 1 is 0.882 bits per heavy atom. The first-order valence-corrected chi connectivity index (χ1v) is 6.08. The minimum atomic E-state index is 0.448. The monoisotopic (exact) mass is 286 g/mol. The number of rotatable bonds is 1. The van der Waals surface area contributed by atoms with Crippen LogP contribution in [0.1, 0.15) is 11.3 Å². The number of halogens is 3. The highest BCUT2D eigenvalue weighted by atomic mass is 35.5. The lowest BCUT2D eigenvalue weighted by Gasteiger charge is -2.06. The van der Waals surface area contributed by atoms with Crippen LogP contribution in [0, 0.1) is 13.8 Å². The van der Waals surface area contributed by atoms with Crippen LogP contribution in [-0.2, 0) is 0 Å². The minimum absolute atomic E-state index is 0.448. The van der Waals surface area contributed by atoms with Crippen molar-refractivity contribution in [1.82, 2.24) is 9.97 Å². The molecule has 0 spiro atoms. The van der Waals surface area contributed by atoms with E-state index in [0.29, 0.717) is 21.0 Å². The van der Waals surface area contributed by atoms with Crippen molar-refractivity contribution in [1.29, 1.82) is 0 Å². The van der Waals surface area contributed by atoms with Crippen LogP contribution in [0.25, 0.3) is 11.4 Å². The zero-order chi connectivity index (χ0) is 12.6. The molecule has 0 bridgehead atoms. The van der Waals surface area contributed by atoms with Gasteiger partial charge in [-0.25, -0.2) is 9.97 Å². The summed E-state index contributed by atoms with van der Waals surface area (Å²) >= 11 is 17.9. The largest absolute Gasteiger partial charge is 0.233 e. The van der Waals surface area contributed by atoms with Crippen LogP contribution in [-0.4, -0.2) is 9.97 Å². The topological polar surface area (TPSA) is 25.8 Å². The Bertz CT molecular complexity index is 539. The molecule has 1 heterocycles. The van der Waals surface area contributed by atoms with E-state index in [1.807, 2.05) is 13.8 Å². The minimum Gasteiger partial charge on any atom is -0.233 e. The summed E-state index contributed by atoms with van der Waals surface area (Å²) in [6, 6.07) is 5.18. The van der Waals surface area contributed by atoms with Crippen molar-refractivity contribution in [3.63, 3.8) is 0 Å². The fourth-order valence-electron chi connectivity index (χ4n) is 1.41.